The Bertz CT molecular complexity index is 2510. The first kappa shape index (κ1) is 47.0. The molecule has 17 nitrogen and oxygen atoms in total. The minimum Gasteiger partial charge on any atom is -0.464 e. The predicted molar refractivity (Wildman–Crippen MR) is 244 cm³/mol. The number of esters is 1. The Morgan fingerprint density at radius 2 is 1.91 bits per heavy atom. The highest BCUT2D eigenvalue weighted by Crippen LogP contribution is 2.42. The monoisotopic (exact) mass is 919 g/mol. The van der Waals surface area contributed by atoms with Gasteiger partial charge in [-0.15, -0.1) is 11.3 Å². The minimum absolute atomic E-state index is 0.0511. The molecular formula is C45H61N9O8S2. The summed E-state index contributed by atoms with van der Waals surface area (Å²) in [5.41, 5.74) is 9.14. The van der Waals surface area contributed by atoms with Gasteiger partial charge in [0.1, 0.15) is 18.1 Å². The molecule has 7 rings (SSSR count). The first-order valence-electron chi connectivity index (χ1n) is 21.9. The molecule has 0 saturated carbocycles. The molecule has 1 aromatic carbocycles. The molecule has 3 aromatic heterocycles. The van der Waals surface area contributed by atoms with Gasteiger partial charge in [-0.2, -0.15) is 0 Å². The number of nitrogens with zero attached hydrogens (tertiary/aromatic N) is 6. The third-order valence-electron chi connectivity index (χ3n) is 12.3. The van der Waals surface area contributed by atoms with Crippen molar-refractivity contribution < 1.29 is 37.1 Å². The van der Waals surface area contributed by atoms with E-state index in [0.717, 1.165) is 50.9 Å². The zero-order chi connectivity index (χ0) is 46.2. The Morgan fingerprint density at radius 3 is 2.59 bits per heavy atom. The molecule has 0 spiro atoms. The van der Waals surface area contributed by atoms with Gasteiger partial charge in [-0.05, 0) is 68.9 Å². The molecule has 1 unspecified atom stereocenters. The summed E-state index contributed by atoms with van der Waals surface area (Å²) in [5.74, 6) is -1.81. The number of rotatable bonds is 10. The van der Waals surface area contributed by atoms with E-state index in [9.17, 15) is 27.6 Å². The number of amides is 4. The van der Waals surface area contributed by atoms with Crippen molar-refractivity contribution in [2.45, 2.75) is 104 Å². The molecule has 3 aliphatic heterocycles. The second-order valence-corrected chi connectivity index (χ2v) is 21.1. The van der Waals surface area contributed by atoms with E-state index in [2.05, 4.69) is 59.0 Å². The maximum atomic E-state index is 14.5. The van der Waals surface area contributed by atoms with E-state index in [1.165, 1.54) is 33.2 Å². The number of likely N-dealkylation sites (N-methyl/N-ethyl adjacent to an activating group) is 1. The third-order valence-corrected chi connectivity index (χ3v) is 13.9. The van der Waals surface area contributed by atoms with E-state index in [1.54, 1.807) is 13.3 Å². The maximum Gasteiger partial charge on any atom is 0.324 e. The largest absolute Gasteiger partial charge is 0.464 e. The molecule has 0 radical (unpaired) electrons. The summed E-state index contributed by atoms with van der Waals surface area (Å²) in [7, 11) is -0.245. The van der Waals surface area contributed by atoms with Crippen LogP contribution in [0.15, 0.2) is 41.9 Å². The molecule has 346 valence electrons. The summed E-state index contributed by atoms with van der Waals surface area (Å²) in [6, 6.07) is 6.61. The summed E-state index contributed by atoms with van der Waals surface area (Å²) >= 11 is 1.39. The first-order chi connectivity index (χ1) is 30.3. The van der Waals surface area contributed by atoms with Gasteiger partial charge in [-0.1, -0.05) is 33.8 Å². The average molecular weight is 920 g/mol. The number of hydrazine groups is 1. The summed E-state index contributed by atoms with van der Waals surface area (Å²) in [6.07, 6.45) is 4.18. The number of thiazole rings is 1. The number of aryl methyl sites for hydroxylation is 1. The molecular weight excluding hydrogens is 859 g/mol. The van der Waals surface area contributed by atoms with Gasteiger partial charge in [0, 0.05) is 85.8 Å². The number of aromatic nitrogens is 3. The topological polar surface area (TPSA) is 197 Å². The van der Waals surface area contributed by atoms with Crippen molar-refractivity contribution in [3.8, 4) is 22.5 Å². The zero-order valence-electron chi connectivity index (χ0n) is 38.1. The number of carbonyl (C=O) groups is 4. The SMILES string of the molecule is CCn1c(-c2cccnc2[C@H](C)OC)c2c3cc(ccc31)-c1csc(n1)C[C@H](NC(=O)C(C(C)C)N(C)C(=O)N1CC(NS(C)(=O)=O)C1)C(=O)N1CCC[C@H](N1)C(=O)OCC(C)(C)C2. The summed E-state index contributed by atoms with van der Waals surface area (Å²) in [5, 5.41) is 7.97. The number of likely N-dealkylation sites (tertiary alicyclic amines) is 1. The van der Waals surface area contributed by atoms with Gasteiger partial charge in [0.05, 0.1) is 47.1 Å². The van der Waals surface area contributed by atoms with E-state index >= 15 is 0 Å². The van der Waals surface area contributed by atoms with Gasteiger partial charge in [-0.3, -0.25) is 24.4 Å². The fourth-order valence-electron chi connectivity index (χ4n) is 9.10. The summed E-state index contributed by atoms with van der Waals surface area (Å²) in [4.78, 5) is 69.0. The van der Waals surface area contributed by atoms with Crippen LogP contribution in [0.4, 0.5) is 4.79 Å². The van der Waals surface area contributed by atoms with Crippen LogP contribution in [0.3, 0.4) is 0 Å². The number of benzene rings is 1. The molecule has 6 heterocycles. The Kier molecular flexibility index (Phi) is 13.9. The lowest BCUT2D eigenvalue weighted by Gasteiger charge is -2.43. The van der Waals surface area contributed by atoms with E-state index in [0.29, 0.717) is 37.4 Å². The highest BCUT2D eigenvalue weighted by atomic mass is 32.2. The van der Waals surface area contributed by atoms with E-state index < -0.39 is 63.4 Å². The third kappa shape index (κ3) is 9.97. The fraction of sp³-hybridized carbons (Fsp3) is 0.556. The highest BCUT2D eigenvalue weighted by Gasteiger charge is 2.41. The predicted octanol–water partition coefficient (Wildman–Crippen LogP) is 4.51. The van der Waals surface area contributed by atoms with Crippen LogP contribution < -0.4 is 15.5 Å². The molecule has 0 aliphatic carbocycles. The Labute approximate surface area is 379 Å². The first-order valence-corrected chi connectivity index (χ1v) is 24.7. The van der Waals surface area contributed by atoms with Crippen molar-refractivity contribution in [1.29, 1.82) is 0 Å². The van der Waals surface area contributed by atoms with Gasteiger partial charge >= 0.3 is 12.0 Å². The van der Waals surface area contributed by atoms with Crippen LogP contribution in [0, 0.1) is 11.3 Å². The van der Waals surface area contributed by atoms with Crippen LogP contribution in [-0.4, -0.2) is 132 Å². The molecule has 6 bridgehead atoms. The van der Waals surface area contributed by atoms with Gasteiger partial charge in [-0.25, -0.2) is 28.3 Å². The van der Waals surface area contributed by atoms with Gasteiger partial charge < -0.3 is 29.2 Å². The molecule has 3 N–H and O–H groups in total. The van der Waals surface area contributed by atoms with E-state index in [-0.39, 0.29) is 38.1 Å². The van der Waals surface area contributed by atoms with Crippen LogP contribution in [0.1, 0.15) is 76.8 Å². The molecule has 2 saturated heterocycles. The lowest BCUT2D eigenvalue weighted by Crippen LogP contribution is -2.65. The number of ether oxygens (including phenoxy) is 2. The number of urea groups is 1. The second kappa shape index (κ2) is 18.9. The average Bonchev–Trinajstić information content (AvgIpc) is 3.83. The molecule has 64 heavy (non-hydrogen) atoms. The Morgan fingerprint density at radius 1 is 1.16 bits per heavy atom. The van der Waals surface area contributed by atoms with Crippen LogP contribution in [0.2, 0.25) is 0 Å². The lowest BCUT2D eigenvalue weighted by atomic mass is 9.84. The van der Waals surface area contributed by atoms with E-state index in [4.69, 9.17) is 19.4 Å². The number of pyridine rings is 1. The number of sulfonamides is 1. The number of cyclic esters (lactones) is 1. The number of fused-ring (bicyclic) bond motifs is 6. The standard InChI is InChI=1S/C45H61N9O8S2/c1-10-53-36-16-15-28-19-31(36)32(40(53)30-13-11-17-46-38(30)27(4)61-8)21-45(5,6)25-62-43(57)33-14-12-18-54(49-33)42(56)34(20-37-47-35(28)24-63-37)48-41(55)39(26(2)3)51(7)44(58)52-22-29(23-52)50-64(9,59)60/h11,13,15-17,19,24,26-27,29,33-34,39,49-50H,10,12,14,18,20-23,25H2,1-9H3,(H,48,55)/t27-,33-,34-,39?/m0/s1. The van der Waals surface area contributed by atoms with Crippen molar-refractivity contribution in [3.63, 3.8) is 0 Å². The molecule has 4 aromatic rings. The molecule has 3 aliphatic rings. The Balaban J connectivity index is 1.26. The summed E-state index contributed by atoms with van der Waals surface area (Å²) in [6.45, 7) is 13.3. The second-order valence-electron chi connectivity index (χ2n) is 18.3. The smallest absolute Gasteiger partial charge is 0.324 e. The number of hydrogen-bond donors (Lipinski definition) is 3. The normalized spacial score (nSPS) is 20.7. The van der Waals surface area contributed by atoms with Crippen molar-refractivity contribution in [1.82, 2.24) is 44.8 Å². The summed E-state index contributed by atoms with van der Waals surface area (Å²) < 4.78 is 40.1. The number of methoxy groups -OCH3 is 1. The lowest BCUT2D eigenvalue weighted by molar-refractivity contribution is -0.155. The van der Waals surface area contributed by atoms with Gasteiger partial charge in [0.15, 0.2) is 0 Å². The minimum atomic E-state index is -3.45. The van der Waals surface area contributed by atoms with Crippen LogP contribution in [-0.2, 0) is 53.3 Å². The van der Waals surface area contributed by atoms with Crippen molar-refractivity contribution in [3.05, 3.63) is 58.2 Å². The van der Waals surface area contributed by atoms with Gasteiger partial charge in [0.2, 0.25) is 15.9 Å². The van der Waals surface area contributed by atoms with Crippen molar-refractivity contribution in [2.75, 3.05) is 46.7 Å². The van der Waals surface area contributed by atoms with Crippen LogP contribution >= 0.6 is 11.3 Å². The number of carbonyl (C=O) groups excluding carboxylic acids is 4. The van der Waals surface area contributed by atoms with Crippen molar-refractivity contribution in [2.24, 2.45) is 11.3 Å². The Hall–Kier alpha value is -4.95. The van der Waals surface area contributed by atoms with Crippen molar-refractivity contribution >= 4 is 56.1 Å². The molecule has 19 heteroatoms. The number of hydrogen-bond acceptors (Lipinski definition) is 12. The van der Waals surface area contributed by atoms with Crippen LogP contribution in [0.25, 0.3) is 33.4 Å². The maximum absolute atomic E-state index is 14.5. The molecule has 4 amide bonds. The quantitative estimate of drug-likeness (QED) is 0.189. The molecule has 4 atom stereocenters. The van der Waals surface area contributed by atoms with E-state index in [1.807, 2.05) is 38.3 Å². The van der Waals surface area contributed by atoms with Crippen LogP contribution in [0.5, 0.6) is 0 Å². The fourth-order valence-corrected chi connectivity index (χ4v) is 10.7. The molecule has 2 fully saturated rings. The highest BCUT2D eigenvalue weighted by molar-refractivity contribution is 7.88. The zero-order valence-corrected chi connectivity index (χ0v) is 39.8. The number of nitrogens with one attached hydrogen (secondary N) is 3. The van der Waals surface area contributed by atoms with Gasteiger partial charge in [0.25, 0.3) is 5.91 Å².